The molecule has 2 saturated heterocycles. The predicted octanol–water partition coefficient (Wildman–Crippen LogP) is 7.76. The van der Waals surface area contributed by atoms with Gasteiger partial charge >= 0.3 is 5.97 Å². The van der Waals surface area contributed by atoms with Gasteiger partial charge in [-0.2, -0.15) is 0 Å². The number of carbonyl (C=O) groups is 6. The summed E-state index contributed by atoms with van der Waals surface area (Å²) in [5.41, 5.74) is 7.99. The lowest BCUT2D eigenvalue weighted by molar-refractivity contribution is 0.0642. The van der Waals surface area contributed by atoms with E-state index in [-0.39, 0.29) is 28.8 Å². The second-order valence-corrected chi connectivity index (χ2v) is 15.8. The Morgan fingerprint density at radius 1 is 0.554 bits per heavy atom. The van der Waals surface area contributed by atoms with Crippen LogP contribution in [0.1, 0.15) is 88.1 Å². The highest BCUT2D eigenvalue weighted by Gasteiger charge is 2.21. The number of benzene rings is 4. The van der Waals surface area contributed by atoms with Crippen LogP contribution in [0.15, 0.2) is 109 Å². The number of hydrogen-bond donors (Lipinski definition) is 5. The van der Waals surface area contributed by atoms with E-state index in [2.05, 4.69) is 25.9 Å². The van der Waals surface area contributed by atoms with E-state index in [1.807, 2.05) is 0 Å². The Morgan fingerprint density at radius 2 is 0.969 bits per heavy atom. The van der Waals surface area contributed by atoms with E-state index in [4.69, 9.17) is 38.4 Å². The SMILES string of the molecule is Nc1cccnc1C(=O)NCC1CCOCC1.O=C(Cl)c1ccc(C(=O)Cl)c2ccccc12.O=C(NCC1CCOCC1)c1ncccc1NC(=O)c1ccc(C(=O)O)c2ccccc12. The van der Waals surface area contributed by atoms with E-state index in [0.717, 1.165) is 38.9 Å². The molecule has 15 nitrogen and oxygen atoms in total. The largest absolute Gasteiger partial charge is 0.478 e. The van der Waals surface area contributed by atoms with E-state index in [9.17, 15) is 33.9 Å². The van der Waals surface area contributed by atoms with Crippen LogP contribution in [0, 0.1) is 11.8 Å². The number of aromatic nitrogens is 2. The van der Waals surface area contributed by atoms with Gasteiger partial charge < -0.3 is 36.3 Å². The number of nitrogens with zero attached hydrogens (tertiary/aromatic N) is 2. The van der Waals surface area contributed by atoms with Gasteiger partial charge in [-0.25, -0.2) is 14.8 Å². The Kier molecular flexibility index (Phi) is 17.1. The number of carboxylic acids is 1. The highest BCUT2D eigenvalue weighted by molar-refractivity contribution is 6.70. The van der Waals surface area contributed by atoms with Crippen molar-refractivity contribution < 1.29 is 43.3 Å². The van der Waals surface area contributed by atoms with Gasteiger partial charge in [0.05, 0.1) is 16.9 Å². The number of nitrogens with two attached hydrogens (primary N) is 1. The number of carboxylic acid groups (broad SMARTS) is 1. The van der Waals surface area contributed by atoms with Crippen LogP contribution in [0.25, 0.3) is 21.5 Å². The molecule has 2 aliphatic rings. The summed E-state index contributed by atoms with van der Waals surface area (Å²) in [7, 11) is 0. The van der Waals surface area contributed by atoms with E-state index in [0.29, 0.717) is 87.8 Å². The van der Waals surface area contributed by atoms with Crippen LogP contribution in [0.2, 0.25) is 0 Å². The fraction of sp³-hybridized carbons (Fsp3) is 0.250. The van der Waals surface area contributed by atoms with Crippen LogP contribution in [-0.2, 0) is 9.47 Å². The Hall–Kier alpha value is -6.78. The van der Waals surface area contributed by atoms with Gasteiger partial charge in [-0.05, 0) is 131 Å². The molecule has 0 saturated carbocycles. The van der Waals surface area contributed by atoms with Crippen molar-refractivity contribution in [3.05, 3.63) is 143 Å². The first-order valence-corrected chi connectivity index (χ1v) is 21.5. The zero-order valence-corrected chi connectivity index (χ0v) is 36.6. The first-order chi connectivity index (χ1) is 31.4. The molecule has 0 aliphatic carbocycles. The zero-order valence-electron chi connectivity index (χ0n) is 35.1. The fourth-order valence-electron chi connectivity index (χ4n) is 7.35. The molecule has 0 radical (unpaired) electrons. The third kappa shape index (κ3) is 12.7. The molecule has 0 atom stereocenters. The van der Waals surface area contributed by atoms with Gasteiger partial charge in [-0.15, -0.1) is 0 Å². The number of pyridine rings is 2. The number of carbonyl (C=O) groups excluding carboxylic acids is 5. The number of nitrogen functional groups attached to an aromatic ring is 1. The molecule has 6 N–H and O–H groups in total. The highest BCUT2D eigenvalue weighted by atomic mass is 35.5. The first kappa shape index (κ1) is 47.7. The van der Waals surface area contributed by atoms with E-state index >= 15 is 0 Å². The number of anilines is 2. The number of aromatic carboxylic acids is 1. The van der Waals surface area contributed by atoms with Crippen molar-refractivity contribution in [3.63, 3.8) is 0 Å². The molecule has 0 unspecified atom stereocenters. The second-order valence-electron chi connectivity index (χ2n) is 15.1. The maximum Gasteiger partial charge on any atom is 0.336 e. The maximum atomic E-state index is 13.1. The quantitative estimate of drug-likeness (QED) is 0.0786. The van der Waals surface area contributed by atoms with E-state index in [1.54, 1.807) is 79.0 Å². The Balaban J connectivity index is 0.000000178. The number of halogens is 2. The summed E-state index contributed by atoms with van der Waals surface area (Å²) < 4.78 is 10.6. The molecule has 2 aliphatic heterocycles. The summed E-state index contributed by atoms with van der Waals surface area (Å²) in [4.78, 5) is 79.7. The van der Waals surface area contributed by atoms with E-state index < -0.39 is 22.4 Å². The van der Waals surface area contributed by atoms with Crippen molar-refractivity contribution in [1.82, 2.24) is 20.6 Å². The van der Waals surface area contributed by atoms with Crippen molar-refractivity contribution in [3.8, 4) is 0 Å². The predicted molar refractivity (Wildman–Crippen MR) is 248 cm³/mol. The topological polar surface area (TPSA) is 229 Å². The summed E-state index contributed by atoms with van der Waals surface area (Å²) >= 11 is 10.9. The Labute approximate surface area is 384 Å². The second kappa shape index (κ2) is 23.2. The van der Waals surface area contributed by atoms with Gasteiger partial charge in [0.25, 0.3) is 28.2 Å². The average molecular weight is 922 g/mol. The molecule has 65 heavy (non-hydrogen) atoms. The normalized spacial score (nSPS) is 13.9. The fourth-order valence-corrected chi connectivity index (χ4v) is 7.68. The van der Waals surface area contributed by atoms with Crippen LogP contribution in [0.5, 0.6) is 0 Å². The van der Waals surface area contributed by atoms with Crippen LogP contribution in [0.3, 0.4) is 0 Å². The van der Waals surface area contributed by atoms with Crippen molar-refractivity contribution in [2.45, 2.75) is 25.7 Å². The third-order valence-electron chi connectivity index (χ3n) is 10.9. The summed E-state index contributed by atoms with van der Waals surface area (Å²) in [6.45, 7) is 4.14. The maximum absolute atomic E-state index is 13.1. The molecule has 8 rings (SSSR count). The lowest BCUT2D eigenvalue weighted by Gasteiger charge is -2.22. The summed E-state index contributed by atoms with van der Waals surface area (Å²) in [6.07, 6.45) is 6.85. The summed E-state index contributed by atoms with van der Waals surface area (Å²) in [5.74, 6) is -1.23. The molecular weight excluding hydrogens is 875 g/mol. The van der Waals surface area contributed by atoms with Gasteiger partial charge in [0.15, 0.2) is 11.4 Å². The molecule has 17 heteroatoms. The summed E-state index contributed by atoms with van der Waals surface area (Å²) in [6, 6.07) is 26.4. The van der Waals surface area contributed by atoms with E-state index in [1.165, 1.54) is 30.5 Å². The number of rotatable bonds is 11. The van der Waals surface area contributed by atoms with Gasteiger partial charge in [-0.1, -0.05) is 48.5 Å². The molecule has 0 bridgehead atoms. The smallest absolute Gasteiger partial charge is 0.336 e. The standard InChI is InChI=1S/C24H23N3O5.C12H6Cl2O2.C12H17N3O2/c28-22(18-7-8-19(24(30)31)17-5-2-1-4-16(17)18)27-20-6-3-11-25-21(20)23(29)26-14-15-9-12-32-13-10-15;13-11(15)9-5-6-10(12(14)16)8-4-2-1-3-7(8)9;13-10-2-1-5-14-11(10)12(16)15-8-9-3-6-17-7-4-9/h1-8,11,15H,9-10,12-14H2,(H,26,29)(H,27,28)(H,30,31);1-6H;1-2,5,9H,3-4,6-8,13H2,(H,15,16). The minimum Gasteiger partial charge on any atom is -0.478 e. The molecule has 6 aromatic rings. The molecule has 2 fully saturated rings. The van der Waals surface area contributed by atoms with Crippen molar-refractivity contribution >= 4 is 90.3 Å². The minimum atomic E-state index is -1.07. The van der Waals surface area contributed by atoms with Crippen LogP contribution in [-0.4, -0.2) is 88.8 Å². The highest BCUT2D eigenvalue weighted by Crippen LogP contribution is 2.27. The number of amides is 3. The monoisotopic (exact) mass is 920 g/mol. The molecule has 0 spiro atoms. The minimum absolute atomic E-state index is 0.117. The lowest BCUT2D eigenvalue weighted by Crippen LogP contribution is -2.33. The van der Waals surface area contributed by atoms with Crippen molar-refractivity contribution in [1.29, 1.82) is 0 Å². The molecule has 3 amide bonds. The lowest BCUT2D eigenvalue weighted by atomic mass is 9.99. The molecule has 336 valence electrons. The van der Waals surface area contributed by atoms with Gasteiger partial charge in [0.2, 0.25) is 0 Å². The number of hydrogen-bond acceptors (Lipinski definition) is 11. The average Bonchev–Trinajstić information content (AvgIpc) is 3.33. The Bertz CT molecular complexity index is 2650. The van der Waals surface area contributed by atoms with Crippen LogP contribution >= 0.6 is 23.2 Å². The third-order valence-corrected chi connectivity index (χ3v) is 11.3. The summed E-state index contributed by atoms with van der Waals surface area (Å²) in [5, 5.41) is 19.1. The van der Waals surface area contributed by atoms with Gasteiger partial charge in [-0.3, -0.25) is 24.0 Å². The molecular formula is C48H46Cl2N6O9. The van der Waals surface area contributed by atoms with Gasteiger partial charge in [0.1, 0.15) is 0 Å². The molecule has 4 aromatic carbocycles. The zero-order chi connectivity index (χ0) is 46.3. The molecule has 4 heterocycles. The van der Waals surface area contributed by atoms with Crippen molar-refractivity contribution in [2.75, 3.05) is 50.6 Å². The first-order valence-electron chi connectivity index (χ1n) is 20.8. The van der Waals surface area contributed by atoms with Crippen molar-refractivity contribution in [2.24, 2.45) is 11.8 Å². The van der Waals surface area contributed by atoms with Crippen LogP contribution < -0.4 is 21.7 Å². The molecule has 2 aromatic heterocycles. The Morgan fingerprint density at radius 3 is 1.45 bits per heavy atom. The number of nitrogens with one attached hydrogen (secondary N) is 3. The van der Waals surface area contributed by atoms with Gasteiger partial charge in [0, 0.05) is 68.6 Å². The van der Waals surface area contributed by atoms with Crippen LogP contribution in [0.4, 0.5) is 11.4 Å². The number of fused-ring (bicyclic) bond motifs is 2. The number of ether oxygens (including phenoxy) is 2.